The molecule has 0 saturated carbocycles. The number of nitrogens with zero attached hydrogens (tertiary/aromatic N) is 3. The largest absolute Gasteiger partial charge is 0.569 e. The number of aliphatic hydroxyl groups is 4. The second-order valence-electron chi connectivity index (χ2n) is 4.80. The number of ether oxygens (including phenoxy) is 1. The Morgan fingerprint density at radius 1 is 1.20 bits per heavy atom. The van der Waals surface area contributed by atoms with Crippen LogP contribution in [-0.4, -0.2) is 80.8 Å². The lowest BCUT2D eigenvalue weighted by atomic mass is 9.99. The summed E-state index contributed by atoms with van der Waals surface area (Å²) in [4.78, 5) is 5.02. The average Bonchev–Trinajstić information content (AvgIpc) is 2.98. The van der Waals surface area contributed by atoms with Crippen LogP contribution in [-0.2, 0) is 9.57 Å². The maximum absolute atomic E-state index is 11.5. The van der Waals surface area contributed by atoms with Gasteiger partial charge in [-0.05, 0) is 12.8 Å². The lowest BCUT2D eigenvalue weighted by Crippen LogP contribution is -2.58. The summed E-state index contributed by atoms with van der Waals surface area (Å²) in [5, 5.41) is 54.0. The number of rotatable bonds is 4. The van der Waals surface area contributed by atoms with Crippen molar-refractivity contribution in [3.05, 3.63) is 5.21 Å². The van der Waals surface area contributed by atoms with Crippen molar-refractivity contribution in [2.75, 3.05) is 19.7 Å². The molecule has 2 rings (SSSR count). The van der Waals surface area contributed by atoms with Gasteiger partial charge in [-0.3, -0.25) is 0 Å². The Balaban J connectivity index is 1.95. The van der Waals surface area contributed by atoms with E-state index in [2.05, 4.69) is 5.28 Å². The van der Waals surface area contributed by atoms with Crippen LogP contribution in [0.25, 0.3) is 0 Å². The minimum absolute atomic E-state index is 0.258. The Labute approximate surface area is 115 Å². The summed E-state index contributed by atoms with van der Waals surface area (Å²) in [7, 11) is 0. The van der Waals surface area contributed by atoms with E-state index in [9.17, 15) is 20.5 Å². The second-order valence-corrected chi connectivity index (χ2v) is 4.80. The van der Waals surface area contributed by atoms with Crippen molar-refractivity contribution < 1.29 is 35.0 Å². The van der Waals surface area contributed by atoms with E-state index in [1.54, 1.807) is 0 Å². The molecule has 0 bridgehead atoms. The van der Waals surface area contributed by atoms with Gasteiger partial charge in [-0.15, -0.1) is 5.01 Å². The smallest absolute Gasteiger partial charge is 0.262 e. The molecule has 2 fully saturated rings. The van der Waals surface area contributed by atoms with Gasteiger partial charge in [0.1, 0.15) is 24.4 Å². The molecule has 10 heteroatoms. The van der Waals surface area contributed by atoms with Gasteiger partial charge in [0, 0.05) is 0 Å². The van der Waals surface area contributed by atoms with Crippen molar-refractivity contribution in [3.63, 3.8) is 0 Å². The summed E-state index contributed by atoms with van der Waals surface area (Å²) < 4.78 is 5.03. The van der Waals surface area contributed by atoms with Crippen LogP contribution in [0.4, 0.5) is 0 Å². The van der Waals surface area contributed by atoms with E-state index < -0.39 is 37.3 Å². The van der Waals surface area contributed by atoms with Crippen LogP contribution in [0.15, 0.2) is 5.28 Å². The van der Waals surface area contributed by atoms with Gasteiger partial charge in [0.15, 0.2) is 0 Å². The van der Waals surface area contributed by atoms with Crippen molar-refractivity contribution in [1.29, 1.82) is 0 Å². The monoisotopic (exact) mass is 293 g/mol. The molecule has 0 spiro atoms. The number of hydrogen-bond donors (Lipinski definition) is 4. The third-order valence-corrected chi connectivity index (χ3v) is 3.39. The maximum atomic E-state index is 11.5. The Bertz CT molecular complexity index is 348. The first-order valence-electron chi connectivity index (χ1n) is 6.44. The highest BCUT2D eigenvalue weighted by Gasteiger charge is 2.45. The van der Waals surface area contributed by atoms with E-state index in [0.29, 0.717) is 13.1 Å². The van der Waals surface area contributed by atoms with E-state index in [1.807, 2.05) is 0 Å². The lowest BCUT2D eigenvalue weighted by molar-refractivity contribution is -0.710. The zero-order valence-corrected chi connectivity index (χ0v) is 10.8. The molecule has 4 N–H and O–H groups in total. The molecule has 2 aliphatic heterocycles. The molecule has 0 aromatic heterocycles. The molecule has 0 aromatic rings. The van der Waals surface area contributed by atoms with E-state index in [0.717, 1.165) is 12.8 Å². The topological polar surface area (TPSA) is 141 Å². The highest BCUT2D eigenvalue weighted by Crippen LogP contribution is 2.22. The molecule has 10 nitrogen and oxygen atoms in total. The Morgan fingerprint density at radius 3 is 2.45 bits per heavy atom. The number of hydrazine groups is 1. The summed E-state index contributed by atoms with van der Waals surface area (Å²) in [6.07, 6.45) is -5.39. The van der Waals surface area contributed by atoms with Gasteiger partial charge < -0.3 is 35.2 Å². The number of hydrogen-bond acceptors (Lipinski definition) is 8. The van der Waals surface area contributed by atoms with Crippen molar-refractivity contribution >= 4 is 0 Å². The molecule has 0 unspecified atom stereocenters. The third kappa shape index (κ3) is 3.10. The van der Waals surface area contributed by atoms with Crippen molar-refractivity contribution in [3.8, 4) is 0 Å². The standard InChI is InChI=1S/C10H19N3O7/c14-5-6-7(15)8(16)9(17)10(19-6)20-11-13(18)12-3-1-2-4-12/h6-10,14-17H,1-5H2/t6-,7+,8+,9-,10+/m1/s1. The fourth-order valence-corrected chi connectivity index (χ4v) is 2.16. The molecule has 2 saturated heterocycles. The summed E-state index contributed by atoms with van der Waals surface area (Å²) in [5.74, 6) is 0. The van der Waals surface area contributed by atoms with Gasteiger partial charge in [-0.1, -0.05) is 0 Å². The van der Waals surface area contributed by atoms with Crippen LogP contribution in [0.5, 0.6) is 0 Å². The third-order valence-electron chi connectivity index (χ3n) is 3.39. The highest BCUT2D eigenvalue weighted by molar-refractivity contribution is 4.88. The fraction of sp³-hybridized carbons (Fsp3) is 1.00. The zero-order valence-electron chi connectivity index (χ0n) is 10.8. The summed E-state index contributed by atoms with van der Waals surface area (Å²) in [5.41, 5.74) is 0. The van der Waals surface area contributed by atoms with Crippen LogP contribution in [0.2, 0.25) is 0 Å². The van der Waals surface area contributed by atoms with Crippen molar-refractivity contribution in [1.82, 2.24) is 5.01 Å². The molecule has 20 heavy (non-hydrogen) atoms. The first-order chi connectivity index (χ1) is 9.54. The van der Waals surface area contributed by atoms with Crippen molar-refractivity contribution in [2.45, 2.75) is 43.5 Å². The molecular formula is C10H19N3O7. The highest BCUT2D eigenvalue weighted by atomic mass is 16.8. The molecular weight excluding hydrogens is 274 g/mol. The van der Waals surface area contributed by atoms with E-state index in [4.69, 9.17) is 14.7 Å². The summed E-state index contributed by atoms with van der Waals surface area (Å²) in [6.45, 7) is 0.550. The Kier molecular flexibility index (Phi) is 4.94. The quantitative estimate of drug-likeness (QED) is 0.257. The van der Waals surface area contributed by atoms with Crippen LogP contribution < -0.4 is 0 Å². The number of aliphatic hydroxyl groups excluding tert-OH is 4. The minimum Gasteiger partial charge on any atom is -0.569 e. The van der Waals surface area contributed by atoms with Gasteiger partial charge in [-0.2, -0.15) is 0 Å². The molecule has 5 atom stereocenters. The van der Waals surface area contributed by atoms with Crippen LogP contribution in [0.3, 0.4) is 0 Å². The Hall–Kier alpha value is -1.20. The fourth-order valence-electron chi connectivity index (χ4n) is 2.16. The SMILES string of the molecule is [O-][N+](=NO[C@@H]1O[C@H](CO)[C@H](O)[C@H](O)[C@H]1O)N1CCCC1. The normalized spacial score (nSPS) is 39.1. The second kappa shape index (κ2) is 6.50. The van der Waals surface area contributed by atoms with Crippen LogP contribution in [0.1, 0.15) is 12.8 Å². The van der Waals surface area contributed by atoms with Gasteiger partial charge in [-0.25, -0.2) is 0 Å². The first-order valence-corrected chi connectivity index (χ1v) is 6.44. The molecule has 0 aromatic carbocycles. The van der Waals surface area contributed by atoms with Gasteiger partial charge in [0.2, 0.25) is 5.28 Å². The van der Waals surface area contributed by atoms with Gasteiger partial charge in [0.25, 0.3) is 6.29 Å². The predicted molar refractivity (Wildman–Crippen MR) is 61.7 cm³/mol. The van der Waals surface area contributed by atoms with Crippen molar-refractivity contribution in [2.24, 2.45) is 5.28 Å². The maximum Gasteiger partial charge on any atom is 0.262 e. The molecule has 0 aliphatic carbocycles. The van der Waals surface area contributed by atoms with E-state index in [1.165, 1.54) is 5.01 Å². The molecule has 116 valence electrons. The lowest BCUT2D eigenvalue weighted by Gasteiger charge is -2.37. The first kappa shape index (κ1) is 15.2. The average molecular weight is 293 g/mol. The summed E-state index contributed by atoms with van der Waals surface area (Å²) >= 11 is 0. The minimum atomic E-state index is -1.58. The van der Waals surface area contributed by atoms with Crippen LogP contribution in [0, 0.1) is 5.21 Å². The van der Waals surface area contributed by atoms with Crippen LogP contribution >= 0.6 is 0 Å². The van der Waals surface area contributed by atoms with Gasteiger partial charge >= 0.3 is 0 Å². The Morgan fingerprint density at radius 2 is 1.85 bits per heavy atom. The molecule has 0 radical (unpaired) electrons. The molecule has 2 heterocycles. The zero-order chi connectivity index (χ0) is 14.7. The van der Waals surface area contributed by atoms with Gasteiger partial charge in [0.05, 0.1) is 24.7 Å². The summed E-state index contributed by atoms with van der Waals surface area (Å²) in [6, 6.07) is 0. The van der Waals surface area contributed by atoms with E-state index in [-0.39, 0.29) is 4.97 Å². The predicted octanol–water partition coefficient (Wildman–Crippen LogP) is -2.31. The molecule has 0 amide bonds. The van der Waals surface area contributed by atoms with E-state index >= 15 is 0 Å². The molecule has 2 aliphatic rings.